The average molecular weight is 858 g/mol. The predicted molar refractivity (Wildman–Crippen MR) is 242 cm³/mol. The molecule has 1 heterocycles. The molecule has 62 heavy (non-hydrogen) atoms. The Bertz CT molecular complexity index is 1850. The van der Waals surface area contributed by atoms with E-state index in [0.29, 0.717) is 62.6 Å². The molecule has 2 aromatic rings. The number of carbonyl (C=O) groups excluding carboxylic acids is 5. The number of amides is 5. The summed E-state index contributed by atoms with van der Waals surface area (Å²) in [5.74, 6) is -1.99. The fraction of sp³-hybridized carbons (Fsp3) is 0.638. The SMILES string of the molecule is CCCCc1ccc(-c2ccc(C(=O)N[C@H](CCCCN)C(=O)N[C@@H](CCCCN)C(=O)N[C@@H](C)C(=O)N[C@@H](C)C(=O)N[C@@H](C)B3OC4C[C@@H]5C[C@@H](C5(C)C)[C@]4(C)O3)cc2)cc1. The van der Waals surface area contributed by atoms with Crippen LogP contribution in [-0.2, 0) is 34.9 Å². The summed E-state index contributed by atoms with van der Waals surface area (Å²) >= 11 is 0. The summed E-state index contributed by atoms with van der Waals surface area (Å²) < 4.78 is 12.8. The van der Waals surface area contributed by atoms with Crippen molar-refractivity contribution in [3.8, 4) is 11.1 Å². The lowest BCUT2D eigenvalue weighted by atomic mass is 9.43. The highest BCUT2D eigenvalue weighted by Gasteiger charge is 2.68. The van der Waals surface area contributed by atoms with Gasteiger partial charge in [0, 0.05) is 5.56 Å². The molecular weight excluding hydrogens is 785 g/mol. The van der Waals surface area contributed by atoms with Gasteiger partial charge in [-0.2, -0.15) is 0 Å². The van der Waals surface area contributed by atoms with E-state index < -0.39 is 72.4 Å². The van der Waals surface area contributed by atoms with E-state index in [2.05, 4.69) is 78.5 Å². The van der Waals surface area contributed by atoms with Crippen LogP contribution in [-0.4, -0.2) is 91.6 Å². The van der Waals surface area contributed by atoms with Crippen LogP contribution >= 0.6 is 0 Å². The number of hydrogen-bond donors (Lipinski definition) is 7. The molecule has 3 saturated carbocycles. The Hall–Kier alpha value is -4.31. The van der Waals surface area contributed by atoms with Crippen molar-refractivity contribution in [2.75, 3.05) is 13.1 Å². The first-order chi connectivity index (χ1) is 29.5. The lowest BCUT2D eigenvalue weighted by molar-refractivity contribution is -0.199. The molecule has 6 rings (SSSR count). The summed E-state index contributed by atoms with van der Waals surface area (Å²) in [6, 6.07) is 11.8. The highest BCUT2D eigenvalue weighted by molar-refractivity contribution is 6.47. The number of rotatable bonds is 23. The Morgan fingerprint density at radius 3 is 1.79 bits per heavy atom. The smallest absolute Gasteiger partial charge is 0.404 e. The number of hydrogen-bond acceptors (Lipinski definition) is 9. The number of carbonyl (C=O) groups is 5. The van der Waals surface area contributed by atoms with Crippen molar-refractivity contribution in [2.24, 2.45) is 28.7 Å². The molecule has 15 heteroatoms. The van der Waals surface area contributed by atoms with Crippen LogP contribution in [0.2, 0.25) is 0 Å². The lowest BCUT2D eigenvalue weighted by Gasteiger charge is -2.64. The van der Waals surface area contributed by atoms with Crippen LogP contribution in [0.15, 0.2) is 48.5 Å². The summed E-state index contributed by atoms with van der Waals surface area (Å²) in [4.78, 5) is 67.6. The van der Waals surface area contributed by atoms with Gasteiger partial charge in [-0.1, -0.05) is 63.6 Å². The Labute approximate surface area is 369 Å². The lowest BCUT2D eigenvalue weighted by Crippen LogP contribution is -2.65. The van der Waals surface area contributed by atoms with Gasteiger partial charge in [-0.05, 0) is 151 Å². The van der Waals surface area contributed by atoms with Crippen molar-refractivity contribution in [1.29, 1.82) is 0 Å². The van der Waals surface area contributed by atoms with E-state index in [0.717, 1.165) is 43.2 Å². The van der Waals surface area contributed by atoms with Crippen molar-refractivity contribution >= 4 is 36.7 Å². The first-order valence-electron chi connectivity index (χ1n) is 23.0. The molecule has 5 amide bonds. The van der Waals surface area contributed by atoms with E-state index in [4.69, 9.17) is 20.8 Å². The van der Waals surface area contributed by atoms with Crippen LogP contribution in [0.4, 0.5) is 0 Å². The zero-order chi connectivity index (χ0) is 45.2. The monoisotopic (exact) mass is 858 g/mol. The van der Waals surface area contributed by atoms with E-state index in [-0.39, 0.29) is 17.9 Å². The van der Waals surface area contributed by atoms with Crippen molar-refractivity contribution in [3.63, 3.8) is 0 Å². The maximum absolute atomic E-state index is 13.8. The molecule has 14 nitrogen and oxygen atoms in total. The quantitative estimate of drug-likeness (QED) is 0.0625. The number of nitrogens with one attached hydrogen (secondary N) is 5. The molecular formula is C47H72BN7O7. The summed E-state index contributed by atoms with van der Waals surface area (Å²) in [5, 5.41) is 14.0. The minimum absolute atomic E-state index is 0.0255. The normalized spacial score (nSPS) is 23.4. The maximum Gasteiger partial charge on any atom is 0.481 e. The third-order valence-electron chi connectivity index (χ3n) is 13.7. The fourth-order valence-electron chi connectivity index (χ4n) is 9.41. The zero-order valence-corrected chi connectivity index (χ0v) is 38.0. The van der Waals surface area contributed by atoms with Gasteiger partial charge in [-0.3, -0.25) is 24.0 Å². The van der Waals surface area contributed by atoms with Gasteiger partial charge in [0.2, 0.25) is 23.6 Å². The van der Waals surface area contributed by atoms with Gasteiger partial charge in [0.25, 0.3) is 5.91 Å². The Balaban J connectivity index is 1.14. The summed E-state index contributed by atoms with van der Waals surface area (Å²) in [6.45, 7) is 14.6. The molecule has 0 aromatic heterocycles. The molecule has 1 saturated heterocycles. The second kappa shape index (κ2) is 21.9. The van der Waals surface area contributed by atoms with Crippen LogP contribution in [0.1, 0.15) is 129 Å². The third kappa shape index (κ3) is 11.8. The van der Waals surface area contributed by atoms with E-state index in [1.165, 1.54) is 12.5 Å². The highest BCUT2D eigenvalue weighted by atomic mass is 16.7. The fourth-order valence-corrected chi connectivity index (χ4v) is 9.41. The third-order valence-corrected chi connectivity index (χ3v) is 13.7. The molecule has 0 radical (unpaired) electrons. The van der Waals surface area contributed by atoms with Crippen LogP contribution in [0.5, 0.6) is 0 Å². The number of benzene rings is 2. The molecule has 0 spiro atoms. The van der Waals surface area contributed by atoms with Crippen LogP contribution in [0.3, 0.4) is 0 Å². The summed E-state index contributed by atoms with van der Waals surface area (Å²) in [6.07, 6.45) is 8.30. The van der Waals surface area contributed by atoms with E-state index in [9.17, 15) is 24.0 Å². The number of unbranched alkanes of at least 4 members (excludes halogenated alkanes) is 3. The van der Waals surface area contributed by atoms with Crippen LogP contribution in [0.25, 0.3) is 11.1 Å². The largest absolute Gasteiger partial charge is 0.481 e. The molecule has 340 valence electrons. The van der Waals surface area contributed by atoms with Gasteiger partial charge < -0.3 is 47.4 Å². The van der Waals surface area contributed by atoms with Crippen molar-refractivity contribution in [3.05, 3.63) is 59.7 Å². The number of nitrogens with two attached hydrogens (primary N) is 2. The number of aryl methyl sites for hydroxylation is 1. The maximum atomic E-state index is 13.8. The van der Waals surface area contributed by atoms with Crippen molar-refractivity contribution < 1.29 is 33.3 Å². The molecule has 1 aliphatic heterocycles. The van der Waals surface area contributed by atoms with Crippen molar-refractivity contribution in [1.82, 2.24) is 26.6 Å². The summed E-state index contributed by atoms with van der Waals surface area (Å²) in [7, 11) is -0.611. The minimum Gasteiger partial charge on any atom is -0.404 e. The molecule has 9 N–H and O–H groups in total. The Morgan fingerprint density at radius 2 is 1.23 bits per heavy atom. The average Bonchev–Trinajstić information content (AvgIpc) is 3.62. The topological polar surface area (TPSA) is 216 Å². The van der Waals surface area contributed by atoms with E-state index >= 15 is 0 Å². The first kappa shape index (κ1) is 48.7. The van der Waals surface area contributed by atoms with Gasteiger partial charge in [0.15, 0.2) is 0 Å². The van der Waals surface area contributed by atoms with Gasteiger partial charge in [-0.15, -0.1) is 0 Å². The predicted octanol–water partition coefficient (Wildman–Crippen LogP) is 4.32. The van der Waals surface area contributed by atoms with Gasteiger partial charge in [0.05, 0.1) is 17.6 Å². The Morgan fingerprint density at radius 1 is 0.694 bits per heavy atom. The highest BCUT2D eigenvalue weighted by Crippen LogP contribution is 2.65. The zero-order valence-electron chi connectivity index (χ0n) is 38.0. The standard InChI is InChI=1S/C47H72BN7O7/c1-8-9-14-32-17-19-33(20-18-32)34-21-23-35(24-22-34)43(58)54-38(16-11-13-26-50)45(60)55-37(15-10-12-25-49)44(59)52-29(2)41(56)51-30(3)42(57)53-31(4)48-61-40-28-36-27-39(46(36,5)6)47(40,7)62-48/h17-24,29-31,36-40H,8-16,25-28,49-50H2,1-7H3,(H,51,56)(H,52,59)(H,53,57)(H,54,58)(H,55,60)/t29-,30-,31-,36-,37-,38+,39-,40?,47-/m0/s1. The van der Waals surface area contributed by atoms with Crippen LogP contribution < -0.4 is 38.1 Å². The molecule has 4 aliphatic rings. The van der Waals surface area contributed by atoms with Gasteiger partial charge in [-0.25, -0.2) is 0 Å². The molecule has 3 aliphatic carbocycles. The molecule has 2 bridgehead atoms. The first-order valence-corrected chi connectivity index (χ1v) is 23.0. The molecule has 2 aromatic carbocycles. The molecule has 9 atom stereocenters. The van der Waals surface area contributed by atoms with E-state index in [1.807, 2.05) is 19.1 Å². The Kier molecular flexibility index (Phi) is 17.2. The van der Waals surface area contributed by atoms with E-state index in [1.54, 1.807) is 19.1 Å². The molecule has 4 fully saturated rings. The second-order valence-electron chi connectivity index (χ2n) is 18.6. The van der Waals surface area contributed by atoms with Gasteiger partial charge >= 0.3 is 7.12 Å². The van der Waals surface area contributed by atoms with Crippen LogP contribution in [0, 0.1) is 17.3 Å². The summed E-state index contributed by atoms with van der Waals surface area (Å²) in [5.41, 5.74) is 15.0. The van der Waals surface area contributed by atoms with Crippen molar-refractivity contribution in [2.45, 2.75) is 161 Å². The van der Waals surface area contributed by atoms with Gasteiger partial charge in [0.1, 0.15) is 24.2 Å². The second-order valence-corrected chi connectivity index (χ2v) is 18.6. The minimum atomic E-state index is -1.04. The molecule has 1 unspecified atom stereocenters.